The van der Waals surface area contributed by atoms with Crippen LogP contribution in [0.25, 0.3) is 10.9 Å². The SMILES string of the molecule is O=C(N/N=C\c1cn(Cc2ccc(Cl)cc2)c2ccccc12)c1ccccc1OCc1ccccc1Cl. The van der Waals surface area contributed by atoms with Crippen LogP contribution in [0.5, 0.6) is 5.75 Å². The third-order valence-corrected chi connectivity index (χ3v) is 6.55. The molecule has 1 amide bonds. The van der Waals surface area contributed by atoms with Crippen LogP contribution in [0.4, 0.5) is 0 Å². The van der Waals surface area contributed by atoms with Crippen LogP contribution < -0.4 is 10.2 Å². The Hall–Kier alpha value is -4.06. The van der Waals surface area contributed by atoms with E-state index in [2.05, 4.69) is 21.2 Å². The van der Waals surface area contributed by atoms with Crippen LogP contribution >= 0.6 is 23.2 Å². The van der Waals surface area contributed by atoms with Crippen LogP contribution in [0.2, 0.25) is 10.0 Å². The number of fused-ring (bicyclic) bond motifs is 1. The maximum Gasteiger partial charge on any atom is 0.275 e. The standard InChI is InChI=1S/C30H23Cl2N3O2/c31-24-15-13-21(14-16-24)18-35-19-23(25-8-2-5-11-28(25)35)17-33-34-30(36)26-9-3-6-12-29(26)37-20-22-7-1-4-10-27(22)32/h1-17,19H,18,20H2,(H,34,36)/b33-17-. The zero-order valence-corrected chi connectivity index (χ0v) is 21.3. The van der Waals surface area contributed by atoms with Crippen LogP contribution in [0.1, 0.15) is 27.0 Å². The number of hydrogen-bond donors (Lipinski definition) is 1. The maximum atomic E-state index is 12.9. The molecule has 5 nitrogen and oxygen atoms in total. The Kier molecular flexibility index (Phi) is 7.54. The molecule has 0 saturated heterocycles. The highest BCUT2D eigenvalue weighted by atomic mass is 35.5. The Morgan fingerprint density at radius 3 is 2.46 bits per heavy atom. The van der Waals surface area contributed by atoms with Gasteiger partial charge in [-0.1, -0.05) is 83.9 Å². The molecule has 5 rings (SSSR count). The van der Waals surface area contributed by atoms with Crippen molar-refractivity contribution in [1.29, 1.82) is 0 Å². The van der Waals surface area contributed by atoms with Gasteiger partial charge in [0.1, 0.15) is 12.4 Å². The van der Waals surface area contributed by atoms with Gasteiger partial charge in [-0.05, 0) is 42.0 Å². The molecule has 184 valence electrons. The highest BCUT2D eigenvalue weighted by molar-refractivity contribution is 6.31. The van der Waals surface area contributed by atoms with E-state index in [-0.39, 0.29) is 12.5 Å². The zero-order valence-electron chi connectivity index (χ0n) is 19.8. The van der Waals surface area contributed by atoms with Gasteiger partial charge in [0.2, 0.25) is 0 Å². The van der Waals surface area contributed by atoms with E-state index in [1.807, 2.05) is 72.9 Å². The van der Waals surface area contributed by atoms with Crippen molar-refractivity contribution in [1.82, 2.24) is 9.99 Å². The monoisotopic (exact) mass is 527 g/mol. The van der Waals surface area contributed by atoms with Crippen LogP contribution in [-0.2, 0) is 13.2 Å². The number of nitrogens with one attached hydrogen (secondary N) is 1. The third kappa shape index (κ3) is 5.85. The molecule has 0 atom stereocenters. The number of rotatable bonds is 8. The predicted octanol–water partition coefficient (Wildman–Crippen LogP) is 7.34. The first-order valence-corrected chi connectivity index (χ1v) is 12.4. The molecule has 4 aromatic carbocycles. The van der Waals surface area contributed by atoms with Gasteiger partial charge >= 0.3 is 0 Å². The van der Waals surface area contributed by atoms with Gasteiger partial charge in [-0.25, -0.2) is 5.43 Å². The van der Waals surface area contributed by atoms with Crippen molar-refractivity contribution in [2.75, 3.05) is 0 Å². The van der Waals surface area contributed by atoms with Gasteiger partial charge in [-0.2, -0.15) is 5.10 Å². The predicted molar refractivity (Wildman–Crippen MR) is 150 cm³/mol. The minimum atomic E-state index is -0.365. The molecule has 0 bridgehead atoms. The molecule has 1 N–H and O–H groups in total. The van der Waals surface area contributed by atoms with Crippen LogP contribution in [0.15, 0.2) is 108 Å². The second-order valence-corrected chi connectivity index (χ2v) is 9.27. The van der Waals surface area contributed by atoms with Crippen molar-refractivity contribution in [3.8, 4) is 5.75 Å². The summed E-state index contributed by atoms with van der Waals surface area (Å²) in [5, 5.41) is 6.61. The Morgan fingerprint density at radius 2 is 1.62 bits per heavy atom. The minimum Gasteiger partial charge on any atom is -0.488 e. The first kappa shape index (κ1) is 24.6. The zero-order chi connectivity index (χ0) is 25.6. The van der Waals surface area contributed by atoms with E-state index in [1.165, 1.54) is 0 Å². The van der Waals surface area contributed by atoms with Gasteiger partial charge < -0.3 is 9.30 Å². The molecule has 0 radical (unpaired) electrons. The lowest BCUT2D eigenvalue weighted by molar-refractivity contribution is 0.0950. The summed E-state index contributed by atoms with van der Waals surface area (Å²) in [6, 6.07) is 30.4. The van der Waals surface area contributed by atoms with E-state index in [0.717, 1.165) is 27.6 Å². The average Bonchev–Trinajstić information content (AvgIpc) is 3.27. The summed E-state index contributed by atoms with van der Waals surface area (Å²) in [7, 11) is 0. The molecule has 0 fully saturated rings. The molecular weight excluding hydrogens is 505 g/mol. The smallest absolute Gasteiger partial charge is 0.275 e. The van der Waals surface area contributed by atoms with Crippen molar-refractivity contribution < 1.29 is 9.53 Å². The number of carbonyl (C=O) groups excluding carboxylic acids is 1. The first-order chi connectivity index (χ1) is 18.1. The molecule has 0 unspecified atom stereocenters. The van der Waals surface area contributed by atoms with Gasteiger partial charge in [-0.3, -0.25) is 4.79 Å². The number of benzene rings is 4. The Morgan fingerprint density at radius 1 is 0.892 bits per heavy atom. The number of para-hydroxylation sites is 2. The highest BCUT2D eigenvalue weighted by Gasteiger charge is 2.13. The van der Waals surface area contributed by atoms with Crippen molar-refractivity contribution in [3.05, 3.63) is 136 Å². The number of carbonyl (C=O) groups is 1. The molecular formula is C30H23Cl2N3O2. The Balaban J connectivity index is 1.31. The summed E-state index contributed by atoms with van der Waals surface area (Å²) in [6.45, 7) is 0.939. The number of hydrogen-bond acceptors (Lipinski definition) is 3. The molecule has 7 heteroatoms. The fourth-order valence-corrected chi connectivity index (χ4v) is 4.38. The van der Waals surface area contributed by atoms with Crippen molar-refractivity contribution >= 4 is 46.2 Å². The molecule has 1 aromatic heterocycles. The van der Waals surface area contributed by atoms with Crippen molar-refractivity contribution in [2.24, 2.45) is 5.10 Å². The van der Waals surface area contributed by atoms with Gasteiger partial charge in [0.05, 0.1) is 11.8 Å². The number of amides is 1. The van der Waals surface area contributed by atoms with Gasteiger partial charge in [0, 0.05) is 44.8 Å². The molecule has 0 aliphatic carbocycles. The second kappa shape index (κ2) is 11.3. The number of nitrogens with zero attached hydrogens (tertiary/aromatic N) is 2. The quantitative estimate of drug-likeness (QED) is 0.169. The number of aromatic nitrogens is 1. The Bertz CT molecular complexity index is 1580. The number of halogens is 2. The normalized spacial score (nSPS) is 11.2. The summed E-state index contributed by atoms with van der Waals surface area (Å²) in [6.07, 6.45) is 3.68. The van der Waals surface area contributed by atoms with E-state index in [4.69, 9.17) is 27.9 Å². The topological polar surface area (TPSA) is 55.6 Å². The lowest BCUT2D eigenvalue weighted by Gasteiger charge is -2.11. The molecule has 0 spiro atoms. The molecule has 1 heterocycles. The van der Waals surface area contributed by atoms with Gasteiger partial charge in [-0.15, -0.1) is 0 Å². The minimum absolute atomic E-state index is 0.250. The fourth-order valence-electron chi connectivity index (χ4n) is 4.07. The van der Waals surface area contributed by atoms with Crippen LogP contribution in [-0.4, -0.2) is 16.7 Å². The van der Waals surface area contributed by atoms with Gasteiger partial charge in [0.25, 0.3) is 5.91 Å². The largest absolute Gasteiger partial charge is 0.488 e. The lowest BCUT2D eigenvalue weighted by Crippen LogP contribution is -2.18. The van der Waals surface area contributed by atoms with Crippen LogP contribution in [0.3, 0.4) is 0 Å². The molecule has 0 aliphatic rings. The van der Waals surface area contributed by atoms with Crippen LogP contribution in [0, 0.1) is 0 Å². The second-order valence-electron chi connectivity index (χ2n) is 8.43. The van der Waals surface area contributed by atoms with Gasteiger partial charge in [0.15, 0.2) is 0 Å². The highest BCUT2D eigenvalue weighted by Crippen LogP contribution is 2.23. The summed E-state index contributed by atoms with van der Waals surface area (Å²) in [5.41, 5.74) is 6.96. The molecule has 5 aromatic rings. The molecule has 37 heavy (non-hydrogen) atoms. The summed E-state index contributed by atoms with van der Waals surface area (Å²) < 4.78 is 8.06. The van der Waals surface area contributed by atoms with E-state index in [1.54, 1.807) is 30.5 Å². The molecule has 0 aliphatic heterocycles. The molecule has 0 saturated carbocycles. The number of hydrazone groups is 1. The van der Waals surface area contributed by atoms with Crippen molar-refractivity contribution in [3.63, 3.8) is 0 Å². The van der Waals surface area contributed by atoms with E-state index in [9.17, 15) is 4.79 Å². The average molecular weight is 528 g/mol. The first-order valence-electron chi connectivity index (χ1n) is 11.7. The third-order valence-electron chi connectivity index (χ3n) is 5.93. The summed E-state index contributed by atoms with van der Waals surface area (Å²) >= 11 is 12.3. The van der Waals surface area contributed by atoms with E-state index < -0.39 is 0 Å². The fraction of sp³-hybridized carbons (Fsp3) is 0.0667. The maximum absolute atomic E-state index is 12.9. The summed E-state index contributed by atoms with van der Waals surface area (Å²) in [4.78, 5) is 12.9. The summed E-state index contributed by atoms with van der Waals surface area (Å²) in [5.74, 6) is 0.0885. The van der Waals surface area contributed by atoms with Crippen molar-refractivity contribution in [2.45, 2.75) is 13.2 Å². The number of ether oxygens (including phenoxy) is 1. The lowest BCUT2D eigenvalue weighted by atomic mass is 10.2. The van der Waals surface area contributed by atoms with E-state index in [0.29, 0.717) is 27.9 Å². The van der Waals surface area contributed by atoms with E-state index >= 15 is 0 Å². The Labute approximate surface area is 224 Å².